The Morgan fingerprint density at radius 1 is 1.11 bits per heavy atom. The van der Waals surface area contributed by atoms with E-state index in [0.29, 0.717) is 31.1 Å². The number of carbonyl (C=O) groups is 2. The lowest BCUT2D eigenvalue weighted by Gasteiger charge is -2.14. The molecule has 6 heteroatoms. The van der Waals surface area contributed by atoms with Crippen LogP contribution in [0.5, 0.6) is 5.75 Å². The first-order chi connectivity index (χ1) is 13.0. The van der Waals surface area contributed by atoms with E-state index in [9.17, 15) is 9.59 Å². The molecule has 2 rings (SSSR count). The summed E-state index contributed by atoms with van der Waals surface area (Å²) in [5, 5.41) is 7.55. The first kappa shape index (κ1) is 20.7. The molecule has 0 aromatic heterocycles. The van der Waals surface area contributed by atoms with Gasteiger partial charge in [-0.1, -0.05) is 24.3 Å². The zero-order valence-corrected chi connectivity index (χ0v) is 16.2. The number of carbonyl (C=O) groups excluding carboxylic acids is 2. The van der Waals surface area contributed by atoms with Gasteiger partial charge in [0.25, 0.3) is 11.8 Å². The molecule has 0 radical (unpaired) electrons. The van der Waals surface area contributed by atoms with Gasteiger partial charge in [0.15, 0.2) is 6.61 Å². The van der Waals surface area contributed by atoms with Crippen LogP contribution < -0.4 is 15.4 Å². The molecule has 0 unspecified atom stereocenters. The van der Waals surface area contributed by atoms with Crippen LogP contribution in [-0.2, 0) is 9.53 Å². The monoisotopic (exact) mass is 372 g/mol. The molecule has 0 aliphatic rings. The molecule has 2 aromatic carbocycles. The van der Waals surface area contributed by atoms with Gasteiger partial charge in [-0.05, 0) is 50.1 Å². The van der Waals surface area contributed by atoms with Gasteiger partial charge in [0.2, 0.25) is 0 Å². The van der Waals surface area contributed by atoms with E-state index in [1.54, 1.807) is 12.1 Å². The van der Waals surface area contributed by atoms with Crippen LogP contribution in [0.25, 0.3) is 10.8 Å². The SMILES string of the molecule is CCOCCCNC(=O)c1cc2ccccc2cc1OCC(=O)NC(C)C. The standard InChI is InChI=1S/C21H28N2O4/c1-4-26-11-7-10-22-21(25)18-12-16-8-5-6-9-17(16)13-19(18)27-14-20(24)23-15(2)3/h5-6,8-9,12-13,15H,4,7,10-11,14H2,1-3H3,(H,22,25)(H,23,24). The molecule has 0 spiro atoms. The molecule has 0 saturated carbocycles. The van der Waals surface area contributed by atoms with Crippen molar-refractivity contribution in [3.63, 3.8) is 0 Å². The summed E-state index contributed by atoms with van der Waals surface area (Å²) in [6.07, 6.45) is 0.736. The molecule has 0 saturated heterocycles. The van der Waals surface area contributed by atoms with Crippen molar-refractivity contribution in [1.82, 2.24) is 10.6 Å². The normalized spacial score (nSPS) is 10.8. The predicted molar refractivity (Wildman–Crippen MR) is 106 cm³/mol. The molecule has 0 heterocycles. The highest BCUT2D eigenvalue weighted by Gasteiger charge is 2.15. The lowest BCUT2D eigenvalue weighted by molar-refractivity contribution is -0.123. The summed E-state index contributed by atoms with van der Waals surface area (Å²) >= 11 is 0. The first-order valence-corrected chi connectivity index (χ1v) is 9.32. The minimum absolute atomic E-state index is 0.0332. The quantitative estimate of drug-likeness (QED) is 0.629. The van der Waals surface area contributed by atoms with Gasteiger partial charge in [0.05, 0.1) is 5.56 Å². The van der Waals surface area contributed by atoms with E-state index in [1.807, 2.05) is 45.0 Å². The van der Waals surface area contributed by atoms with Gasteiger partial charge >= 0.3 is 0 Å². The number of fused-ring (bicyclic) bond motifs is 1. The van der Waals surface area contributed by atoms with Crippen LogP contribution in [0.4, 0.5) is 0 Å². The summed E-state index contributed by atoms with van der Waals surface area (Å²) in [5.74, 6) is -0.0485. The molecule has 0 aliphatic heterocycles. The summed E-state index contributed by atoms with van der Waals surface area (Å²) in [6, 6.07) is 11.4. The molecule has 2 amide bonds. The van der Waals surface area contributed by atoms with Crippen molar-refractivity contribution < 1.29 is 19.1 Å². The van der Waals surface area contributed by atoms with Crippen molar-refractivity contribution >= 4 is 22.6 Å². The number of ether oxygens (including phenoxy) is 2. The number of hydrogen-bond acceptors (Lipinski definition) is 4. The molecular formula is C21H28N2O4. The van der Waals surface area contributed by atoms with E-state index >= 15 is 0 Å². The predicted octanol–water partition coefficient (Wildman–Crippen LogP) is 2.90. The fraction of sp³-hybridized carbons (Fsp3) is 0.429. The second-order valence-corrected chi connectivity index (χ2v) is 6.51. The molecule has 2 N–H and O–H groups in total. The van der Waals surface area contributed by atoms with E-state index in [1.165, 1.54) is 0 Å². The van der Waals surface area contributed by atoms with Gasteiger partial charge in [-0.2, -0.15) is 0 Å². The fourth-order valence-corrected chi connectivity index (χ4v) is 2.64. The molecule has 0 bridgehead atoms. The van der Waals surface area contributed by atoms with Crippen LogP contribution in [-0.4, -0.2) is 44.2 Å². The molecule has 2 aromatic rings. The lowest BCUT2D eigenvalue weighted by atomic mass is 10.1. The number of rotatable bonds is 10. The number of amides is 2. The Morgan fingerprint density at radius 2 is 1.81 bits per heavy atom. The van der Waals surface area contributed by atoms with Crippen molar-refractivity contribution in [1.29, 1.82) is 0 Å². The number of hydrogen-bond donors (Lipinski definition) is 2. The molecule has 0 aliphatic carbocycles. The minimum atomic E-state index is -0.225. The minimum Gasteiger partial charge on any atom is -0.483 e. The molecular weight excluding hydrogens is 344 g/mol. The Hall–Kier alpha value is -2.60. The van der Waals surface area contributed by atoms with Crippen LogP contribution >= 0.6 is 0 Å². The number of benzene rings is 2. The van der Waals surface area contributed by atoms with Crippen LogP contribution in [0, 0.1) is 0 Å². The zero-order chi connectivity index (χ0) is 19.6. The second-order valence-electron chi connectivity index (χ2n) is 6.51. The van der Waals surface area contributed by atoms with Gasteiger partial charge in [-0.15, -0.1) is 0 Å². The molecule has 6 nitrogen and oxygen atoms in total. The summed E-state index contributed by atoms with van der Waals surface area (Å²) in [4.78, 5) is 24.5. The molecule has 27 heavy (non-hydrogen) atoms. The molecule has 0 fully saturated rings. The highest BCUT2D eigenvalue weighted by Crippen LogP contribution is 2.26. The lowest BCUT2D eigenvalue weighted by Crippen LogP contribution is -2.34. The van der Waals surface area contributed by atoms with Crippen LogP contribution in [0.2, 0.25) is 0 Å². The van der Waals surface area contributed by atoms with Crippen molar-refractivity contribution in [3.05, 3.63) is 42.0 Å². The maximum Gasteiger partial charge on any atom is 0.258 e. The fourth-order valence-electron chi connectivity index (χ4n) is 2.64. The third kappa shape index (κ3) is 6.57. The number of nitrogens with one attached hydrogen (secondary N) is 2. The van der Waals surface area contributed by atoms with Crippen molar-refractivity contribution in [2.75, 3.05) is 26.4 Å². The summed E-state index contributed by atoms with van der Waals surface area (Å²) in [7, 11) is 0. The van der Waals surface area contributed by atoms with Gasteiger partial charge in [-0.3, -0.25) is 9.59 Å². The Kier molecular flexibility index (Phi) is 8.07. The maximum absolute atomic E-state index is 12.6. The first-order valence-electron chi connectivity index (χ1n) is 9.32. The van der Waals surface area contributed by atoms with Crippen molar-refractivity contribution in [2.24, 2.45) is 0 Å². The van der Waals surface area contributed by atoms with E-state index in [2.05, 4.69) is 10.6 Å². The Labute approximate surface area is 160 Å². The topological polar surface area (TPSA) is 76.7 Å². The van der Waals surface area contributed by atoms with Gasteiger partial charge in [-0.25, -0.2) is 0 Å². The maximum atomic E-state index is 12.6. The Balaban J connectivity index is 2.13. The van der Waals surface area contributed by atoms with Crippen molar-refractivity contribution in [3.8, 4) is 5.75 Å². The summed E-state index contributed by atoms with van der Waals surface area (Å²) in [6.45, 7) is 7.35. The average Bonchev–Trinajstić information content (AvgIpc) is 2.64. The van der Waals surface area contributed by atoms with Gasteiger partial charge < -0.3 is 20.1 Å². The van der Waals surface area contributed by atoms with Gasteiger partial charge in [0.1, 0.15) is 5.75 Å². The van der Waals surface area contributed by atoms with Gasteiger partial charge in [0, 0.05) is 25.8 Å². The summed E-state index contributed by atoms with van der Waals surface area (Å²) < 4.78 is 11.0. The van der Waals surface area contributed by atoms with E-state index in [4.69, 9.17) is 9.47 Å². The van der Waals surface area contributed by atoms with Crippen LogP contribution in [0.1, 0.15) is 37.6 Å². The highest BCUT2D eigenvalue weighted by atomic mass is 16.5. The van der Waals surface area contributed by atoms with Crippen molar-refractivity contribution in [2.45, 2.75) is 33.2 Å². The second kappa shape index (κ2) is 10.5. The third-order valence-corrected chi connectivity index (χ3v) is 3.86. The molecule has 0 atom stereocenters. The highest BCUT2D eigenvalue weighted by molar-refractivity contribution is 6.01. The zero-order valence-electron chi connectivity index (χ0n) is 16.2. The average molecular weight is 372 g/mol. The molecule has 146 valence electrons. The smallest absolute Gasteiger partial charge is 0.258 e. The van der Waals surface area contributed by atoms with E-state index in [-0.39, 0.29) is 24.5 Å². The van der Waals surface area contributed by atoms with E-state index < -0.39 is 0 Å². The van der Waals surface area contributed by atoms with Crippen LogP contribution in [0.15, 0.2) is 36.4 Å². The van der Waals surface area contributed by atoms with E-state index in [0.717, 1.165) is 17.2 Å². The Morgan fingerprint density at radius 3 is 2.48 bits per heavy atom. The Bertz CT molecular complexity index is 774. The van der Waals surface area contributed by atoms with Crippen LogP contribution in [0.3, 0.4) is 0 Å². The largest absolute Gasteiger partial charge is 0.483 e. The third-order valence-electron chi connectivity index (χ3n) is 3.86. The summed E-state index contributed by atoms with van der Waals surface area (Å²) in [5.41, 5.74) is 0.419.